The summed E-state index contributed by atoms with van der Waals surface area (Å²) in [5.74, 6) is 0. The third-order valence-corrected chi connectivity index (χ3v) is 2.34. The first-order chi connectivity index (χ1) is 5.65. The van der Waals surface area contributed by atoms with Crippen molar-refractivity contribution in [2.75, 3.05) is 19.6 Å². The first-order valence-corrected chi connectivity index (χ1v) is 4.76. The van der Waals surface area contributed by atoms with E-state index < -0.39 is 0 Å². The number of nitrogens with zero attached hydrogens (tertiary/aromatic N) is 1. The van der Waals surface area contributed by atoms with Crippen LogP contribution < -0.4 is 5.73 Å². The zero-order valence-electron chi connectivity index (χ0n) is 8.64. The standard InChI is InChI=1S/C10H22N2/c1-5-10(4)12(6-2)8-9(3)7-11/h10H,3,5-8,11H2,1-2,4H3. The molecule has 0 amide bonds. The van der Waals surface area contributed by atoms with E-state index in [0.717, 1.165) is 18.7 Å². The second-order valence-electron chi connectivity index (χ2n) is 3.27. The van der Waals surface area contributed by atoms with Gasteiger partial charge in [0.2, 0.25) is 0 Å². The molecule has 0 saturated heterocycles. The molecule has 72 valence electrons. The highest BCUT2D eigenvalue weighted by molar-refractivity contribution is 4.99. The Bertz CT molecular complexity index is 132. The molecule has 0 aromatic carbocycles. The third-order valence-electron chi connectivity index (χ3n) is 2.34. The molecule has 2 heteroatoms. The average Bonchev–Trinajstić information content (AvgIpc) is 2.12. The Hall–Kier alpha value is -0.340. The Balaban J connectivity index is 3.90. The van der Waals surface area contributed by atoms with Crippen LogP contribution in [0, 0.1) is 0 Å². The van der Waals surface area contributed by atoms with Crippen LogP contribution >= 0.6 is 0 Å². The highest BCUT2D eigenvalue weighted by Gasteiger charge is 2.09. The van der Waals surface area contributed by atoms with Crippen molar-refractivity contribution in [1.29, 1.82) is 0 Å². The molecule has 1 unspecified atom stereocenters. The molecular weight excluding hydrogens is 148 g/mol. The van der Waals surface area contributed by atoms with Gasteiger partial charge in [-0.3, -0.25) is 4.90 Å². The van der Waals surface area contributed by atoms with E-state index in [1.807, 2.05) is 0 Å². The first-order valence-electron chi connectivity index (χ1n) is 4.76. The summed E-state index contributed by atoms with van der Waals surface area (Å²) < 4.78 is 0. The maximum Gasteiger partial charge on any atom is 0.0205 e. The molecule has 0 aliphatic heterocycles. The Morgan fingerprint density at radius 2 is 2.08 bits per heavy atom. The maximum atomic E-state index is 5.49. The van der Waals surface area contributed by atoms with Crippen molar-refractivity contribution in [2.45, 2.75) is 33.2 Å². The second kappa shape index (κ2) is 6.21. The van der Waals surface area contributed by atoms with E-state index in [0.29, 0.717) is 12.6 Å². The van der Waals surface area contributed by atoms with Crippen LogP contribution in [0.5, 0.6) is 0 Å². The quantitative estimate of drug-likeness (QED) is 0.614. The average molecular weight is 170 g/mol. The Kier molecular flexibility index (Phi) is 6.03. The number of likely N-dealkylation sites (N-methyl/N-ethyl adjacent to an activating group) is 1. The van der Waals surface area contributed by atoms with Gasteiger partial charge in [0.1, 0.15) is 0 Å². The predicted octanol–water partition coefficient (Wildman–Crippen LogP) is 1.62. The van der Waals surface area contributed by atoms with Gasteiger partial charge in [0.25, 0.3) is 0 Å². The molecule has 0 heterocycles. The first kappa shape index (κ1) is 11.7. The molecule has 2 N–H and O–H groups in total. The van der Waals surface area contributed by atoms with Crippen molar-refractivity contribution in [1.82, 2.24) is 4.90 Å². The van der Waals surface area contributed by atoms with Crippen molar-refractivity contribution >= 4 is 0 Å². The van der Waals surface area contributed by atoms with E-state index in [2.05, 4.69) is 32.3 Å². The van der Waals surface area contributed by atoms with Crippen LogP contribution in [0.1, 0.15) is 27.2 Å². The second-order valence-corrected chi connectivity index (χ2v) is 3.27. The molecule has 0 aromatic rings. The van der Waals surface area contributed by atoms with Crippen molar-refractivity contribution in [2.24, 2.45) is 5.73 Å². The van der Waals surface area contributed by atoms with Crippen LogP contribution in [0.2, 0.25) is 0 Å². The van der Waals surface area contributed by atoms with Gasteiger partial charge >= 0.3 is 0 Å². The number of nitrogens with two attached hydrogens (primary N) is 1. The van der Waals surface area contributed by atoms with Gasteiger partial charge in [0, 0.05) is 19.1 Å². The lowest BCUT2D eigenvalue weighted by Crippen LogP contribution is -2.35. The number of hydrogen-bond donors (Lipinski definition) is 1. The molecule has 0 aromatic heterocycles. The number of hydrogen-bond acceptors (Lipinski definition) is 2. The number of rotatable bonds is 6. The van der Waals surface area contributed by atoms with Gasteiger partial charge in [-0.1, -0.05) is 20.4 Å². The summed E-state index contributed by atoms with van der Waals surface area (Å²) in [4.78, 5) is 2.40. The molecule has 0 bridgehead atoms. The molecule has 1 atom stereocenters. The van der Waals surface area contributed by atoms with Gasteiger partial charge in [0.15, 0.2) is 0 Å². The fourth-order valence-electron chi connectivity index (χ4n) is 1.19. The zero-order chi connectivity index (χ0) is 9.56. The van der Waals surface area contributed by atoms with E-state index >= 15 is 0 Å². The smallest absolute Gasteiger partial charge is 0.0205 e. The van der Waals surface area contributed by atoms with E-state index in [9.17, 15) is 0 Å². The molecule has 0 aliphatic carbocycles. The van der Waals surface area contributed by atoms with E-state index in [1.165, 1.54) is 6.42 Å². The monoisotopic (exact) mass is 170 g/mol. The van der Waals surface area contributed by atoms with E-state index in [-0.39, 0.29) is 0 Å². The maximum absolute atomic E-state index is 5.49. The van der Waals surface area contributed by atoms with Crippen molar-refractivity contribution < 1.29 is 0 Å². The molecule has 12 heavy (non-hydrogen) atoms. The van der Waals surface area contributed by atoms with Crippen LogP contribution in [-0.2, 0) is 0 Å². The summed E-state index contributed by atoms with van der Waals surface area (Å²) >= 11 is 0. The minimum absolute atomic E-state index is 0.604. The Labute approximate surface area is 76.4 Å². The predicted molar refractivity (Wildman–Crippen MR) is 55.2 cm³/mol. The lowest BCUT2D eigenvalue weighted by molar-refractivity contribution is 0.232. The molecule has 0 fully saturated rings. The zero-order valence-corrected chi connectivity index (χ0v) is 8.64. The lowest BCUT2D eigenvalue weighted by Gasteiger charge is -2.27. The molecular formula is C10H22N2. The van der Waals surface area contributed by atoms with Gasteiger partial charge in [-0.15, -0.1) is 0 Å². The molecule has 0 saturated carbocycles. The van der Waals surface area contributed by atoms with Gasteiger partial charge in [0.05, 0.1) is 0 Å². The van der Waals surface area contributed by atoms with Crippen LogP contribution in [0.3, 0.4) is 0 Å². The van der Waals surface area contributed by atoms with Crippen LogP contribution in [-0.4, -0.2) is 30.6 Å². The van der Waals surface area contributed by atoms with Gasteiger partial charge in [-0.05, 0) is 25.5 Å². The molecule has 0 rings (SSSR count). The van der Waals surface area contributed by atoms with E-state index in [4.69, 9.17) is 5.73 Å². The van der Waals surface area contributed by atoms with Gasteiger partial charge in [-0.25, -0.2) is 0 Å². The third kappa shape index (κ3) is 3.88. The van der Waals surface area contributed by atoms with Gasteiger partial charge in [-0.2, -0.15) is 0 Å². The highest BCUT2D eigenvalue weighted by atomic mass is 15.1. The summed E-state index contributed by atoms with van der Waals surface area (Å²) in [6.07, 6.45) is 1.19. The summed E-state index contributed by atoms with van der Waals surface area (Å²) in [6, 6.07) is 0.637. The van der Waals surface area contributed by atoms with Crippen LogP contribution in [0.25, 0.3) is 0 Å². The largest absolute Gasteiger partial charge is 0.327 e. The SMILES string of the molecule is C=C(CN)CN(CC)C(C)CC. The molecule has 0 radical (unpaired) electrons. The fourth-order valence-corrected chi connectivity index (χ4v) is 1.19. The minimum atomic E-state index is 0.604. The lowest BCUT2D eigenvalue weighted by atomic mass is 10.2. The minimum Gasteiger partial charge on any atom is -0.327 e. The molecule has 0 spiro atoms. The van der Waals surface area contributed by atoms with E-state index in [1.54, 1.807) is 0 Å². The van der Waals surface area contributed by atoms with Crippen LogP contribution in [0.4, 0.5) is 0 Å². The van der Waals surface area contributed by atoms with Gasteiger partial charge < -0.3 is 5.73 Å². The van der Waals surface area contributed by atoms with Crippen molar-refractivity contribution in [3.8, 4) is 0 Å². The summed E-state index contributed by atoms with van der Waals surface area (Å²) in [5, 5.41) is 0. The molecule has 0 aliphatic rings. The Morgan fingerprint density at radius 3 is 2.42 bits per heavy atom. The van der Waals surface area contributed by atoms with Crippen molar-refractivity contribution in [3.05, 3.63) is 12.2 Å². The summed E-state index contributed by atoms with van der Waals surface area (Å²) in [5.41, 5.74) is 6.61. The summed E-state index contributed by atoms with van der Waals surface area (Å²) in [7, 11) is 0. The summed E-state index contributed by atoms with van der Waals surface area (Å²) in [6.45, 7) is 13.2. The molecule has 2 nitrogen and oxygen atoms in total. The highest BCUT2D eigenvalue weighted by Crippen LogP contribution is 2.04. The van der Waals surface area contributed by atoms with Crippen LogP contribution in [0.15, 0.2) is 12.2 Å². The van der Waals surface area contributed by atoms with Crippen molar-refractivity contribution in [3.63, 3.8) is 0 Å². The Morgan fingerprint density at radius 1 is 1.50 bits per heavy atom. The fraction of sp³-hybridized carbons (Fsp3) is 0.800. The normalized spacial score (nSPS) is 13.4. The topological polar surface area (TPSA) is 29.3 Å².